The van der Waals surface area contributed by atoms with Gasteiger partial charge in [0.15, 0.2) is 0 Å². The number of rotatable bonds is 3. The number of aromatic hydroxyl groups is 1. The van der Waals surface area contributed by atoms with Gasteiger partial charge in [0.25, 0.3) is 11.6 Å². The summed E-state index contributed by atoms with van der Waals surface area (Å²) in [6.45, 7) is 2.91. The van der Waals surface area contributed by atoms with Crippen LogP contribution in [0.3, 0.4) is 0 Å². The molecule has 8 heteroatoms. The van der Waals surface area contributed by atoms with Crippen molar-refractivity contribution in [3.05, 3.63) is 33.9 Å². The molecule has 0 bridgehead atoms. The van der Waals surface area contributed by atoms with Crippen molar-refractivity contribution in [3.8, 4) is 5.75 Å². The molecule has 0 spiro atoms. The van der Waals surface area contributed by atoms with E-state index in [0.29, 0.717) is 13.1 Å². The monoisotopic (exact) mass is 280 g/mol. The quantitative estimate of drug-likeness (QED) is 0.606. The molecule has 2 rings (SSSR count). The minimum Gasteiger partial charge on any atom is -0.508 e. The lowest BCUT2D eigenvalue weighted by atomic mass is 10.1. The number of carbonyl (C=O) groups excluding carboxylic acids is 1. The van der Waals surface area contributed by atoms with Gasteiger partial charge in [-0.2, -0.15) is 0 Å². The molecule has 1 aromatic carbocycles. The van der Waals surface area contributed by atoms with E-state index in [9.17, 15) is 20.0 Å². The number of benzene rings is 1. The number of nitrogens with one attached hydrogen (secondary N) is 1. The number of phenols is 1. The van der Waals surface area contributed by atoms with Crippen LogP contribution in [0.25, 0.3) is 0 Å². The number of phenolic OH excluding ortho intramolecular Hbond substituents is 1. The number of nitro groups is 1. The Morgan fingerprint density at radius 2 is 2.00 bits per heavy atom. The fourth-order valence-electron chi connectivity index (χ4n) is 1.99. The van der Waals surface area contributed by atoms with Crippen molar-refractivity contribution in [2.24, 2.45) is 0 Å². The number of hydrogen-bond acceptors (Lipinski definition) is 6. The average molecular weight is 280 g/mol. The van der Waals surface area contributed by atoms with Crippen LogP contribution < -0.4 is 5.43 Å². The Kier molecular flexibility index (Phi) is 4.16. The van der Waals surface area contributed by atoms with Gasteiger partial charge >= 0.3 is 0 Å². The maximum absolute atomic E-state index is 12.1. The minimum absolute atomic E-state index is 0.145. The number of amides is 1. The van der Waals surface area contributed by atoms with Crippen molar-refractivity contribution in [2.45, 2.75) is 0 Å². The molecule has 1 aliphatic heterocycles. The third-order valence-corrected chi connectivity index (χ3v) is 3.18. The largest absolute Gasteiger partial charge is 0.508 e. The maximum Gasteiger partial charge on any atom is 0.282 e. The van der Waals surface area contributed by atoms with Crippen LogP contribution in [0.2, 0.25) is 0 Å². The van der Waals surface area contributed by atoms with E-state index >= 15 is 0 Å². The van der Waals surface area contributed by atoms with Crippen LogP contribution in [0.1, 0.15) is 10.4 Å². The lowest BCUT2D eigenvalue weighted by molar-refractivity contribution is -0.385. The second-order valence-corrected chi connectivity index (χ2v) is 4.69. The summed E-state index contributed by atoms with van der Waals surface area (Å²) in [7, 11) is 1.99. The van der Waals surface area contributed by atoms with Crippen LogP contribution in [-0.2, 0) is 0 Å². The predicted octanol–water partition coefficient (Wildman–Crippen LogP) is 0.193. The van der Waals surface area contributed by atoms with Crippen molar-refractivity contribution >= 4 is 11.6 Å². The van der Waals surface area contributed by atoms with E-state index in [1.54, 1.807) is 5.01 Å². The number of nitro benzene ring substituents is 1. The molecular formula is C12H16N4O4. The molecule has 0 radical (unpaired) electrons. The first kappa shape index (κ1) is 14.2. The standard InChI is InChI=1S/C12H16N4O4/c1-14-4-6-15(7-5-14)13-12(18)10-8-9(17)2-3-11(10)16(19)20/h2-3,8,17H,4-7H2,1H3,(H,13,18). The molecule has 0 aromatic heterocycles. The highest BCUT2D eigenvalue weighted by Crippen LogP contribution is 2.23. The summed E-state index contributed by atoms with van der Waals surface area (Å²) in [6.07, 6.45) is 0. The Hall–Kier alpha value is -2.19. The number of hydrogen-bond donors (Lipinski definition) is 2. The van der Waals surface area contributed by atoms with Gasteiger partial charge in [0.2, 0.25) is 0 Å². The zero-order valence-corrected chi connectivity index (χ0v) is 11.1. The van der Waals surface area contributed by atoms with E-state index in [1.165, 1.54) is 6.07 Å². The van der Waals surface area contributed by atoms with Gasteiger partial charge in [-0.1, -0.05) is 0 Å². The highest BCUT2D eigenvalue weighted by molar-refractivity contribution is 5.98. The Morgan fingerprint density at radius 1 is 1.35 bits per heavy atom. The van der Waals surface area contributed by atoms with Crippen molar-refractivity contribution in [3.63, 3.8) is 0 Å². The Labute approximate surface area is 115 Å². The first-order valence-corrected chi connectivity index (χ1v) is 6.19. The highest BCUT2D eigenvalue weighted by Gasteiger charge is 2.23. The fraction of sp³-hybridized carbons (Fsp3) is 0.417. The summed E-state index contributed by atoms with van der Waals surface area (Å²) in [5.74, 6) is -0.767. The molecule has 108 valence electrons. The molecule has 0 saturated carbocycles. The molecule has 1 saturated heterocycles. The molecule has 1 fully saturated rings. The predicted molar refractivity (Wildman–Crippen MR) is 71.3 cm³/mol. The van der Waals surface area contributed by atoms with Crippen LogP contribution in [-0.4, -0.2) is 59.1 Å². The molecule has 0 unspecified atom stereocenters. The van der Waals surface area contributed by atoms with E-state index in [1.807, 2.05) is 7.05 Å². The Morgan fingerprint density at radius 3 is 2.60 bits per heavy atom. The summed E-state index contributed by atoms with van der Waals surface area (Å²) in [5, 5.41) is 22.0. The van der Waals surface area contributed by atoms with Crippen LogP contribution >= 0.6 is 0 Å². The van der Waals surface area contributed by atoms with E-state index in [4.69, 9.17) is 0 Å². The molecular weight excluding hydrogens is 264 g/mol. The van der Waals surface area contributed by atoms with Gasteiger partial charge in [0.1, 0.15) is 11.3 Å². The molecule has 2 N–H and O–H groups in total. The fourth-order valence-corrected chi connectivity index (χ4v) is 1.99. The third kappa shape index (κ3) is 3.22. The summed E-state index contributed by atoms with van der Waals surface area (Å²) in [5.41, 5.74) is 2.16. The topological polar surface area (TPSA) is 99.0 Å². The number of likely N-dealkylation sites (N-methyl/N-ethyl adjacent to an activating group) is 1. The van der Waals surface area contributed by atoms with E-state index in [2.05, 4.69) is 10.3 Å². The summed E-state index contributed by atoms with van der Waals surface area (Å²) in [4.78, 5) is 24.5. The van der Waals surface area contributed by atoms with E-state index < -0.39 is 10.8 Å². The van der Waals surface area contributed by atoms with E-state index in [-0.39, 0.29) is 17.0 Å². The molecule has 1 amide bonds. The maximum atomic E-state index is 12.1. The van der Waals surface area contributed by atoms with Gasteiger partial charge < -0.3 is 10.0 Å². The first-order chi connectivity index (χ1) is 9.47. The lowest BCUT2D eigenvalue weighted by Gasteiger charge is -2.32. The van der Waals surface area contributed by atoms with Gasteiger partial charge in [-0.3, -0.25) is 20.3 Å². The molecule has 1 aliphatic rings. The number of hydrazine groups is 1. The summed E-state index contributed by atoms with van der Waals surface area (Å²) >= 11 is 0. The van der Waals surface area contributed by atoms with Crippen molar-refractivity contribution in [2.75, 3.05) is 33.2 Å². The number of carbonyl (C=O) groups is 1. The summed E-state index contributed by atoms with van der Waals surface area (Å²) in [6, 6.07) is 3.41. The van der Waals surface area contributed by atoms with Gasteiger partial charge in [0, 0.05) is 32.2 Å². The molecule has 1 aromatic rings. The van der Waals surface area contributed by atoms with Crippen LogP contribution in [0.15, 0.2) is 18.2 Å². The number of nitrogens with zero attached hydrogens (tertiary/aromatic N) is 3. The first-order valence-electron chi connectivity index (χ1n) is 6.19. The van der Waals surface area contributed by atoms with Crippen LogP contribution in [0.5, 0.6) is 5.75 Å². The van der Waals surface area contributed by atoms with Crippen LogP contribution in [0.4, 0.5) is 5.69 Å². The highest BCUT2D eigenvalue weighted by atomic mass is 16.6. The smallest absolute Gasteiger partial charge is 0.282 e. The third-order valence-electron chi connectivity index (χ3n) is 3.18. The van der Waals surface area contributed by atoms with Crippen LogP contribution in [0, 0.1) is 10.1 Å². The average Bonchev–Trinajstić information content (AvgIpc) is 2.41. The summed E-state index contributed by atoms with van der Waals surface area (Å²) < 4.78 is 0. The molecule has 0 atom stereocenters. The SMILES string of the molecule is CN1CCN(NC(=O)c2cc(O)ccc2[N+](=O)[O-])CC1. The van der Waals surface area contributed by atoms with Gasteiger partial charge in [0.05, 0.1) is 4.92 Å². The second-order valence-electron chi connectivity index (χ2n) is 4.69. The molecule has 8 nitrogen and oxygen atoms in total. The zero-order chi connectivity index (χ0) is 14.7. The van der Waals surface area contributed by atoms with Gasteiger partial charge in [-0.05, 0) is 19.2 Å². The van der Waals surface area contributed by atoms with Crippen molar-refractivity contribution in [1.82, 2.24) is 15.3 Å². The minimum atomic E-state index is -0.641. The molecule has 1 heterocycles. The van der Waals surface area contributed by atoms with Crippen molar-refractivity contribution < 1.29 is 14.8 Å². The van der Waals surface area contributed by atoms with Crippen molar-refractivity contribution in [1.29, 1.82) is 0 Å². The molecule has 0 aliphatic carbocycles. The normalized spacial score (nSPS) is 16.9. The Balaban J connectivity index is 2.12. The number of piperazine rings is 1. The zero-order valence-electron chi connectivity index (χ0n) is 11.1. The lowest BCUT2D eigenvalue weighted by Crippen LogP contribution is -2.52. The van der Waals surface area contributed by atoms with E-state index in [0.717, 1.165) is 25.2 Å². The van der Waals surface area contributed by atoms with Gasteiger partial charge in [-0.15, -0.1) is 0 Å². The molecule has 20 heavy (non-hydrogen) atoms. The second kappa shape index (κ2) is 5.85. The Bertz CT molecular complexity index is 526. The van der Waals surface area contributed by atoms with Gasteiger partial charge in [-0.25, -0.2) is 5.01 Å².